The van der Waals surface area contributed by atoms with Gasteiger partial charge in [0.25, 0.3) is 5.69 Å². The van der Waals surface area contributed by atoms with Gasteiger partial charge in [0.15, 0.2) is 0 Å². The van der Waals surface area contributed by atoms with Crippen LogP contribution in [0, 0.1) is 10.1 Å². The standard InChI is InChI=1S/C13H17ClN2O3/c1-19-12-4-6-15(7-5-12)11-2-3-13(16(17)18)10(8-11)9-14/h2-3,8,12H,4-7,9H2,1H3. The molecule has 0 bridgehead atoms. The molecule has 6 heteroatoms. The number of hydrogen-bond acceptors (Lipinski definition) is 4. The van der Waals surface area contributed by atoms with Crippen LogP contribution in [0.5, 0.6) is 0 Å². The third kappa shape index (κ3) is 3.16. The number of methoxy groups -OCH3 is 1. The Morgan fingerprint density at radius 2 is 2.16 bits per heavy atom. The van der Waals surface area contributed by atoms with Gasteiger partial charge in [-0.1, -0.05) is 0 Å². The van der Waals surface area contributed by atoms with E-state index in [1.54, 1.807) is 13.2 Å². The van der Waals surface area contributed by atoms with Crippen molar-refractivity contribution in [2.45, 2.75) is 24.8 Å². The molecule has 1 heterocycles. The van der Waals surface area contributed by atoms with Gasteiger partial charge in [0.2, 0.25) is 0 Å². The molecule has 1 aliphatic heterocycles. The number of ether oxygens (including phenoxy) is 1. The molecule has 1 saturated heterocycles. The molecule has 0 unspecified atom stereocenters. The van der Waals surface area contributed by atoms with Gasteiger partial charge in [0, 0.05) is 37.5 Å². The van der Waals surface area contributed by atoms with E-state index in [1.165, 1.54) is 6.07 Å². The van der Waals surface area contributed by atoms with Gasteiger partial charge in [0.1, 0.15) is 0 Å². The van der Waals surface area contributed by atoms with Crippen LogP contribution in [0.3, 0.4) is 0 Å². The van der Waals surface area contributed by atoms with E-state index in [0.29, 0.717) is 11.7 Å². The van der Waals surface area contributed by atoms with Crippen LogP contribution in [0.2, 0.25) is 0 Å². The molecule has 0 radical (unpaired) electrons. The topological polar surface area (TPSA) is 55.6 Å². The second-order valence-electron chi connectivity index (χ2n) is 4.63. The Kier molecular flexibility index (Phi) is 4.61. The Labute approximate surface area is 117 Å². The van der Waals surface area contributed by atoms with Crippen molar-refractivity contribution in [1.29, 1.82) is 0 Å². The minimum Gasteiger partial charge on any atom is -0.381 e. The van der Waals surface area contributed by atoms with Crippen LogP contribution in [0.25, 0.3) is 0 Å². The zero-order valence-electron chi connectivity index (χ0n) is 10.8. The summed E-state index contributed by atoms with van der Waals surface area (Å²) in [6, 6.07) is 5.15. The summed E-state index contributed by atoms with van der Waals surface area (Å²) in [7, 11) is 1.73. The first-order valence-electron chi connectivity index (χ1n) is 6.26. The zero-order chi connectivity index (χ0) is 13.8. The lowest BCUT2D eigenvalue weighted by atomic mass is 10.1. The van der Waals surface area contributed by atoms with Crippen molar-refractivity contribution >= 4 is 23.0 Å². The van der Waals surface area contributed by atoms with E-state index >= 15 is 0 Å². The van der Waals surface area contributed by atoms with E-state index in [9.17, 15) is 10.1 Å². The number of halogens is 1. The van der Waals surface area contributed by atoms with E-state index in [0.717, 1.165) is 31.6 Å². The quantitative estimate of drug-likeness (QED) is 0.484. The number of anilines is 1. The second kappa shape index (κ2) is 6.21. The van der Waals surface area contributed by atoms with Gasteiger partial charge in [-0.15, -0.1) is 11.6 Å². The Hall–Kier alpha value is -1.33. The number of nitro benzene ring substituents is 1. The number of benzene rings is 1. The summed E-state index contributed by atoms with van der Waals surface area (Å²) >= 11 is 5.79. The summed E-state index contributed by atoms with van der Waals surface area (Å²) in [6.07, 6.45) is 2.27. The van der Waals surface area contributed by atoms with E-state index in [2.05, 4.69) is 4.90 Å². The van der Waals surface area contributed by atoms with Gasteiger partial charge >= 0.3 is 0 Å². The number of piperidine rings is 1. The number of nitro groups is 1. The molecule has 1 aromatic carbocycles. The van der Waals surface area contributed by atoms with E-state index < -0.39 is 4.92 Å². The minimum atomic E-state index is -0.390. The molecule has 0 saturated carbocycles. The molecule has 0 aliphatic carbocycles. The van der Waals surface area contributed by atoms with Crippen LogP contribution in [-0.2, 0) is 10.6 Å². The monoisotopic (exact) mass is 284 g/mol. The Morgan fingerprint density at radius 3 is 2.68 bits per heavy atom. The minimum absolute atomic E-state index is 0.0885. The normalized spacial score (nSPS) is 16.6. The fourth-order valence-electron chi connectivity index (χ4n) is 2.40. The highest BCUT2D eigenvalue weighted by molar-refractivity contribution is 6.17. The van der Waals surface area contributed by atoms with Crippen LogP contribution < -0.4 is 4.90 Å². The maximum absolute atomic E-state index is 10.9. The number of nitrogens with zero attached hydrogens (tertiary/aromatic N) is 2. The molecule has 2 rings (SSSR count). The van der Waals surface area contributed by atoms with Crippen molar-refractivity contribution in [2.75, 3.05) is 25.1 Å². The first-order chi connectivity index (χ1) is 9.15. The van der Waals surface area contributed by atoms with Gasteiger partial charge in [-0.25, -0.2) is 0 Å². The lowest BCUT2D eigenvalue weighted by molar-refractivity contribution is -0.385. The van der Waals surface area contributed by atoms with E-state index in [4.69, 9.17) is 16.3 Å². The average molecular weight is 285 g/mol. The summed E-state index contributed by atoms with van der Waals surface area (Å²) in [5.41, 5.74) is 1.65. The van der Waals surface area contributed by atoms with Crippen molar-refractivity contribution in [3.05, 3.63) is 33.9 Å². The maximum Gasteiger partial charge on any atom is 0.273 e. The molecule has 104 valence electrons. The molecule has 1 fully saturated rings. The molecule has 0 aromatic heterocycles. The van der Waals surface area contributed by atoms with Gasteiger partial charge in [-0.2, -0.15) is 0 Å². The van der Waals surface area contributed by atoms with Crippen LogP contribution in [0.4, 0.5) is 11.4 Å². The Bertz CT molecular complexity index is 459. The molecule has 5 nitrogen and oxygen atoms in total. The van der Waals surface area contributed by atoms with Crippen molar-refractivity contribution in [2.24, 2.45) is 0 Å². The molecule has 1 aliphatic rings. The molecular formula is C13H17ClN2O3. The highest BCUT2D eigenvalue weighted by Crippen LogP contribution is 2.28. The predicted octanol–water partition coefficient (Wildman–Crippen LogP) is 2.95. The van der Waals surface area contributed by atoms with E-state index in [-0.39, 0.29) is 11.6 Å². The summed E-state index contributed by atoms with van der Waals surface area (Å²) in [6.45, 7) is 1.80. The van der Waals surface area contributed by atoms with Gasteiger partial charge < -0.3 is 9.64 Å². The first-order valence-corrected chi connectivity index (χ1v) is 6.80. The van der Waals surface area contributed by atoms with Crippen LogP contribution in [0.1, 0.15) is 18.4 Å². The van der Waals surface area contributed by atoms with Crippen molar-refractivity contribution in [1.82, 2.24) is 0 Å². The average Bonchev–Trinajstić information content (AvgIpc) is 2.46. The number of rotatable bonds is 4. The highest BCUT2D eigenvalue weighted by atomic mass is 35.5. The molecule has 0 N–H and O–H groups in total. The SMILES string of the molecule is COC1CCN(c2ccc([N+](=O)[O-])c(CCl)c2)CC1. The molecule has 0 atom stereocenters. The van der Waals surface area contributed by atoms with Crippen LogP contribution >= 0.6 is 11.6 Å². The van der Waals surface area contributed by atoms with Crippen LogP contribution in [-0.4, -0.2) is 31.2 Å². The third-order valence-corrected chi connectivity index (χ3v) is 3.83. The summed E-state index contributed by atoms with van der Waals surface area (Å²) in [5.74, 6) is 0.151. The third-order valence-electron chi connectivity index (χ3n) is 3.54. The van der Waals surface area contributed by atoms with E-state index in [1.807, 2.05) is 6.07 Å². The lowest BCUT2D eigenvalue weighted by Crippen LogP contribution is -2.36. The van der Waals surface area contributed by atoms with Crippen molar-refractivity contribution in [3.8, 4) is 0 Å². The Balaban J connectivity index is 2.15. The maximum atomic E-state index is 10.9. The zero-order valence-corrected chi connectivity index (χ0v) is 11.6. The molecule has 1 aromatic rings. The smallest absolute Gasteiger partial charge is 0.273 e. The molecule has 0 amide bonds. The number of alkyl halides is 1. The number of hydrogen-bond donors (Lipinski definition) is 0. The first kappa shape index (κ1) is 14.1. The summed E-state index contributed by atoms with van der Waals surface area (Å²) in [4.78, 5) is 12.7. The Morgan fingerprint density at radius 1 is 1.47 bits per heavy atom. The van der Waals surface area contributed by atoms with Gasteiger partial charge in [-0.3, -0.25) is 10.1 Å². The summed E-state index contributed by atoms with van der Waals surface area (Å²) < 4.78 is 5.33. The molecular weight excluding hydrogens is 268 g/mol. The van der Waals surface area contributed by atoms with Gasteiger partial charge in [0.05, 0.1) is 16.9 Å². The molecule has 0 spiro atoms. The summed E-state index contributed by atoms with van der Waals surface area (Å²) in [5, 5.41) is 10.9. The fraction of sp³-hybridized carbons (Fsp3) is 0.538. The lowest BCUT2D eigenvalue weighted by Gasteiger charge is -2.33. The van der Waals surface area contributed by atoms with Gasteiger partial charge in [-0.05, 0) is 25.0 Å². The second-order valence-corrected chi connectivity index (χ2v) is 4.89. The molecule has 19 heavy (non-hydrogen) atoms. The highest BCUT2D eigenvalue weighted by Gasteiger charge is 2.21. The predicted molar refractivity (Wildman–Crippen MR) is 74.9 cm³/mol. The van der Waals surface area contributed by atoms with Crippen molar-refractivity contribution in [3.63, 3.8) is 0 Å². The van der Waals surface area contributed by atoms with Crippen LogP contribution in [0.15, 0.2) is 18.2 Å². The largest absolute Gasteiger partial charge is 0.381 e. The van der Waals surface area contributed by atoms with Crippen molar-refractivity contribution < 1.29 is 9.66 Å². The fourth-order valence-corrected chi connectivity index (χ4v) is 2.62.